The first-order valence-electron chi connectivity index (χ1n) is 9.18. The number of nitrogens with one attached hydrogen (secondary N) is 3. The molecule has 1 aromatic carbocycles. The van der Waals surface area contributed by atoms with Gasteiger partial charge in [0.15, 0.2) is 5.96 Å². The molecule has 0 radical (unpaired) electrons. The normalized spacial score (nSPS) is 15.4. The highest BCUT2D eigenvalue weighted by Gasteiger charge is 2.15. The molecule has 0 atom stereocenters. The van der Waals surface area contributed by atoms with Gasteiger partial charge in [-0.1, -0.05) is 36.9 Å². The van der Waals surface area contributed by atoms with Gasteiger partial charge in [-0.25, -0.2) is 0 Å². The summed E-state index contributed by atoms with van der Waals surface area (Å²) in [5.41, 5.74) is 1.03. The summed E-state index contributed by atoms with van der Waals surface area (Å²) in [5.74, 6) is 1.36. The Hall–Kier alpha value is -1.95. The van der Waals surface area contributed by atoms with Crippen LogP contribution in [0.1, 0.15) is 37.7 Å². The molecule has 144 valence electrons. The number of rotatable bonds is 7. The summed E-state index contributed by atoms with van der Waals surface area (Å²) in [4.78, 5) is 16.2. The number of carbonyl (C=O) groups excluding carboxylic acids is 1. The Morgan fingerprint density at radius 1 is 1.27 bits per heavy atom. The van der Waals surface area contributed by atoms with Crippen LogP contribution in [0.5, 0.6) is 5.75 Å². The van der Waals surface area contributed by atoms with E-state index in [0.717, 1.165) is 30.6 Å². The number of hydrogen-bond acceptors (Lipinski definition) is 3. The van der Waals surface area contributed by atoms with Gasteiger partial charge in [-0.15, -0.1) is 0 Å². The smallest absolute Gasteiger partial charge is 0.239 e. The molecular formula is C19H29ClN4O2. The lowest BCUT2D eigenvalue weighted by Gasteiger charge is -2.23. The molecule has 1 aliphatic carbocycles. The second-order valence-corrected chi connectivity index (χ2v) is 6.87. The van der Waals surface area contributed by atoms with E-state index in [1.165, 1.54) is 19.3 Å². The van der Waals surface area contributed by atoms with Gasteiger partial charge in [-0.3, -0.25) is 9.79 Å². The SMILES string of the molecule is CN=C(NCCc1ccc(OC)cc1Cl)NCC(=O)NC1CCCCC1. The second kappa shape index (κ2) is 10.9. The van der Waals surface area contributed by atoms with Crippen molar-refractivity contribution in [2.45, 2.75) is 44.6 Å². The molecule has 0 bridgehead atoms. The van der Waals surface area contributed by atoms with Gasteiger partial charge in [0.05, 0.1) is 13.7 Å². The maximum Gasteiger partial charge on any atom is 0.239 e. The molecule has 7 heteroatoms. The maximum absolute atomic E-state index is 12.0. The topological polar surface area (TPSA) is 74.8 Å². The lowest BCUT2D eigenvalue weighted by Crippen LogP contribution is -2.46. The predicted molar refractivity (Wildman–Crippen MR) is 106 cm³/mol. The summed E-state index contributed by atoms with van der Waals surface area (Å²) in [6.07, 6.45) is 6.60. The summed E-state index contributed by atoms with van der Waals surface area (Å²) < 4.78 is 5.15. The highest BCUT2D eigenvalue weighted by molar-refractivity contribution is 6.31. The second-order valence-electron chi connectivity index (χ2n) is 6.46. The molecule has 2 rings (SSSR count). The third kappa shape index (κ3) is 6.75. The number of nitrogens with zero attached hydrogens (tertiary/aromatic N) is 1. The van der Waals surface area contributed by atoms with Crippen LogP contribution in [0, 0.1) is 0 Å². The van der Waals surface area contributed by atoms with E-state index in [4.69, 9.17) is 16.3 Å². The van der Waals surface area contributed by atoms with Crippen molar-refractivity contribution in [3.8, 4) is 5.75 Å². The molecule has 0 spiro atoms. The van der Waals surface area contributed by atoms with Gasteiger partial charge >= 0.3 is 0 Å². The molecule has 0 aromatic heterocycles. The number of guanidine groups is 1. The highest BCUT2D eigenvalue weighted by Crippen LogP contribution is 2.22. The summed E-state index contributed by atoms with van der Waals surface area (Å²) >= 11 is 6.25. The summed E-state index contributed by atoms with van der Waals surface area (Å²) in [7, 11) is 3.31. The number of aliphatic imine (C=N–C) groups is 1. The minimum atomic E-state index is 0.0121. The first-order chi connectivity index (χ1) is 12.6. The Morgan fingerprint density at radius 2 is 2.04 bits per heavy atom. The van der Waals surface area contributed by atoms with Gasteiger partial charge in [-0.05, 0) is 37.0 Å². The Balaban J connectivity index is 1.69. The van der Waals surface area contributed by atoms with E-state index in [2.05, 4.69) is 20.9 Å². The summed E-state index contributed by atoms with van der Waals surface area (Å²) in [6.45, 7) is 0.884. The molecule has 0 unspecified atom stereocenters. The van der Waals surface area contributed by atoms with Gasteiger partial charge in [0.1, 0.15) is 5.75 Å². The van der Waals surface area contributed by atoms with Crippen LogP contribution >= 0.6 is 11.6 Å². The molecule has 0 saturated heterocycles. The van der Waals surface area contributed by atoms with Crippen LogP contribution in [0.25, 0.3) is 0 Å². The maximum atomic E-state index is 12.0. The van der Waals surface area contributed by atoms with Crippen LogP contribution in [0.2, 0.25) is 5.02 Å². The van der Waals surface area contributed by atoms with Gasteiger partial charge in [0.25, 0.3) is 0 Å². The third-order valence-corrected chi connectivity index (χ3v) is 4.91. The van der Waals surface area contributed by atoms with E-state index < -0.39 is 0 Å². The Morgan fingerprint density at radius 3 is 2.69 bits per heavy atom. The van der Waals surface area contributed by atoms with Crippen molar-refractivity contribution in [1.29, 1.82) is 0 Å². The van der Waals surface area contributed by atoms with Crippen molar-refractivity contribution in [2.24, 2.45) is 4.99 Å². The molecule has 1 amide bonds. The molecule has 1 saturated carbocycles. The van der Waals surface area contributed by atoms with Gasteiger partial charge in [-0.2, -0.15) is 0 Å². The minimum Gasteiger partial charge on any atom is -0.497 e. The van der Waals surface area contributed by atoms with E-state index in [1.54, 1.807) is 20.2 Å². The molecule has 1 fully saturated rings. The fourth-order valence-electron chi connectivity index (χ4n) is 3.08. The zero-order chi connectivity index (χ0) is 18.8. The van der Waals surface area contributed by atoms with Crippen molar-refractivity contribution in [2.75, 3.05) is 27.2 Å². The van der Waals surface area contributed by atoms with Crippen molar-refractivity contribution in [3.63, 3.8) is 0 Å². The quantitative estimate of drug-likeness (QED) is 0.502. The van der Waals surface area contributed by atoms with E-state index >= 15 is 0 Å². The van der Waals surface area contributed by atoms with Gasteiger partial charge < -0.3 is 20.7 Å². The molecule has 1 aromatic rings. The molecular weight excluding hydrogens is 352 g/mol. The first-order valence-corrected chi connectivity index (χ1v) is 9.56. The van der Waals surface area contributed by atoms with Crippen LogP contribution in [0.3, 0.4) is 0 Å². The molecule has 0 aliphatic heterocycles. The van der Waals surface area contributed by atoms with Gasteiger partial charge in [0.2, 0.25) is 5.91 Å². The minimum absolute atomic E-state index is 0.0121. The van der Waals surface area contributed by atoms with Crippen molar-refractivity contribution in [3.05, 3.63) is 28.8 Å². The van der Waals surface area contributed by atoms with Crippen LogP contribution in [0.4, 0.5) is 0 Å². The largest absolute Gasteiger partial charge is 0.497 e. The Kier molecular flexibility index (Phi) is 8.54. The lowest BCUT2D eigenvalue weighted by atomic mass is 9.95. The number of amides is 1. The number of carbonyl (C=O) groups is 1. The predicted octanol–water partition coefficient (Wildman–Crippen LogP) is 2.50. The summed E-state index contributed by atoms with van der Waals surface area (Å²) in [5, 5.41) is 10.0. The lowest BCUT2D eigenvalue weighted by molar-refractivity contribution is -0.120. The van der Waals surface area contributed by atoms with E-state index in [-0.39, 0.29) is 12.5 Å². The number of benzene rings is 1. The van der Waals surface area contributed by atoms with E-state index in [0.29, 0.717) is 23.6 Å². The average Bonchev–Trinajstić information content (AvgIpc) is 2.66. The molecule has 1 aliphatic rings. The van der Waals surface area contributed by atoms with Crippen LogP contribution in [0.15, 0.2) is 23.2 Å². The monoisotopic (exact) mass is 380 g/mol. The van der Waals surface area contributed by atoms with Crippen LogP contribution < -0.4 is 20.7 Å². The molecule has 6 nitrogen and oxygen atoms in total. The van der Waals surface area contributed by atoms with Crippen LogP contribution in [-0.4, -0.2) is 45.2 Å². The number of methoxy groups -OCH3 is 1. The van der Waals surface area contributed by atoms with Crippen molar-refractivity contribution >= 4 is 23.5 Å². The van der Waals surface area contributed by atoms with E-state index in [1.807, 2.05) is 12.1 Å². The van der Waals surface area contributed by atoms with Crippen LogP contribution in [-0.2, 0) is 11.2 Å². The third-order valence-electron chi connectivity index (χ3n) is 4.56. The average molecular weight is 381 g/mol. The Bertz CT molecular complexity index is 616. The molecule has 3 N–H and O–H groups in total. The summed E-state index contributed by atoms with van der Waals surface area (Å²) in [6, 6.07) is 5.98. The van der Waals surface area contributed by atoms with Crippen molar-refractivity contribution < 1.29 is 9.53 Å². The zero-order valence-corrected chi connectivity index (χ0v) is 16.4. The van der Waals surface area contributed by atoms with E-state index in [9.17, 15) is 4.79 Å². The Labute approximate surface area is 160 Å². The standard InChI is InChI=1S/C19H29ClN4O2/c1-21-19(23-13-18(25)24-15-6-4-3-5-7-15)22-11-10-14-8-9-16(26-2)12-17(14)20/h8-9,12,15H,3-7,10-11,13H2,1-2H3,(H,24,25)(H2,21,22,23). The first kappa shape index (κ1) is 20.4. The number of halogens is 1. The zero-order valence-electron chi connectivity index (χ0n) is 15.6. The highest BCUT2D eigenvalue weighted by atomic mass is 35.5. The van der Waals surface area contributed by atoms with Gasteiger partial charge in [0, 0.05) is 24.7 Å². The number of hydrogen-bond donors (Lipinski definition) is 3. The molecule has 26 heavy (non-hydrogen) atoms. The molecule has 0 heterocycles. The van der Waals surface area contributed by atoms with Crippen molar-refractivity contribution in [1.82, 2.24) is 16.0 Å². The fourth-order valence-corrected chi connectivity index (χ4v) is 3.35. The fraction of sp³-hybridized carbons (Fsp3) is 0.579. The number of ether oxygens (including phenoxy) is 1.